The topological polar surface area (TPSA) is 41.8 Å². The minimum absolute atomic E-state index is 0.0391. The van der Waals surface area contributed by atoms with Crippen LogP contribution in [-0.4, -0.2) is 10.5 Å². The Hall–Kier alpha value is -0.760. The van der Waals surface area contributed by atoms with E-state index in [1.807, 2.05) is 0 Å². The molecule has 1 heterocycles. The highest BCUT2D eigenvalue weighted by Crippen LogP contribution is 2.67. The minimum Gasteiger partial charge on any atom is -0.365 e. The van der Waals surface area contributed by atoms with Crippen LogP contribution in [0.25, 0.3) is 0 Å². The van der Waals surface area contributed by atoms with Crippen LogP contribution >= 0.6 is 0 Å². The van der Waals surface area contributed by atoms with Crippen molar-refractivity contribution in [3.63, 3.8) is 0 Å². The number of aromatic nitrogens is 1. The molecule has 4 fully saturated rings. The SMILES string of the molecule is CC(C)(N)C12CC3CC(CC(c4ccc[nH]4)(C3)C1)C2. The van der Waals surface area contributed by atoms with E-state index in [2.05, 4.69) is 37.2 Å². The van der Waals surface area contributed by atoms with Crippen LogP contribution in [0.5, 0.6) is 0 Å². The molecule has 5 rings (SSSR count). The van der Waals surface area contributed by atoms with Crippen LogP contribution in [0.15, 0.2) is 18.3 Å². The highest BCUT2D eigenvalue weighted by atomic mass is 14.8. The summed E-state index contributed by atoms with van der Waals surface area (Å²) in [6.45, 7) is 4.53. The van der Waals surface area contributed by atoms with Crippen molar-refractivity contribution in [1.29, 1.82) is 0 Å². The quantitative estimate of drug-likeness (QED) is 0.836. The third-order valence-electron chi connectivity index (χ3n) is 6.60. The van der Waals surface area contributed by atoms with Gasteiger partial charge in [0, 0.05) is 22.8 Å². The zero-order valence-electron chi connectivity index (χ0n) is 12.2. The second-order valence-corrected chi connectivity index (χ2v) is 8.33. The van der Waals surface area contributed by atoms with Gasteiger partial charge in [-0.25, -0.2) is 0 Å². The number of hydrogen-bond donors (Lipinski definition) is 2. The summed E-state index contributed by atoms with van der Waals surface area (Å²) in [6, 6.07) is 4.47. The van der Waals surface area contributed by atoms with Gasteiger partial charge in [-0.1, -0.05) is 0 Å². The molecule has 4 bridgehead atoms. The van der Waals surface area contributed by atoms with Gasteiger partial charge < -0.3 is 10.7 Å². The summed E-state index contributed by atoms with van der Waals surface area (Å²) in [4.78, 5) is 3.52. The third kappa shape index (κ3) is 1.53. The van der Waals surface area contributed by atoms with Gasteiger partial charge in [0.2, 0.25) is 0 Å². The summed E-state index contributed by atoms with van der Waals surface area (Å²) in [7, 11) is 0. The first-order valence-corrected chi connectivity index (χ1v) is 7.85. The van der Waals surface area contributed by atoms with Crippen molar-refractivity contribution < 1.29 is 0 Å². The van der Waals surface area contributed by atoms with Gasteiger partial charge >= 0.3 is 0 Å². The first kappa shape index (κ1) is 12.0. The van der Waals surface area contributed by atoms with Crippen molar-refractivity contribution in [2.24, 2.45) is 23.0 Å². The van der Waals surface area contributed by atoms with E-state index in [-0.39, 0.29) is 5.54 Å². The normalized spacial score (nSPS) is 44.8. The Morgan fingerprint density at radius 3 is 2.42 bits per heavy atom. The number of nitrogens with one attached hydrogen (secondary N) is 1. The maximum absolute atomic E-state index is 6.64. The van der Waals surface area contributed by atoms with Gasteiger partial charge in [-0.05, 0) is 81.8 Å². The second kappa shape index (κ2) is 3.46. The smallest absolute Gasteiger partial charge is 0.0210 e. The van der Waals surface area contributed by atoms with Crippen LogP contribution in [0.2, 0.25) is 0 Å². The number of hydrogen-bond acceptors (Lipinski definition) is 1. The average molecular weight is 258 g/mol. The summed E-state index contributed by atoms with van der Waals surface area (Å²) in [5.41, 5.74) is 8.86. The van der Waals surface area contributed by atoms with Crippen LogP contribution in [0.4, 0.5) is 0 Å². The lowest BCUT2D eigenvalue weighted by molar-refractivity contribution is -0.106. The minimum atomic E-state index is -0.0391. The van der Waals surface area contributed by atoms with Gasteiger partial charge in [-0.3, -0.25) is 0 Å². The highest BCUT2D eigenvalue weighted by molar-refractivity contribution is 5.27. The fourth-order valence-corrected chi connectivity index (χ4v) is 5.99. The van der Waals surface area contributed by atoms with Gasteiger partial charge in [0.15, 0.2) is 0 Å². The zero-order chi connectivity index (χ0) is 13.3. The molecular formula is C17H26N2. The predicted molar refractivity (Wildman–Crippen MR) is 77.9 cm³/mol. The van der Waals surface area contributed by atoms with E-state index in [1.54, 1.807) is 0 Å². The molecule has 1 aromatic heterocycles. The molecule has 0 aromatic carbocycles. The van der Waals surface area contributed by atoms with Crippen molar-refractivity contribution >= 4 is 0 Å². The second-order valence-electron chi connectivity index (χ2n) is 8.33. The van der Waals surface area contributed by atoms with Crippen LogP contribution < -0.4 is 5.73 Å². The van der Waals surface area contributed by atoms with Gasteiger partial charge in [-0.2, -0.15) is 0 Å². The predicted octanol–water partition coefficient (Wildman–Crippen LogP) is 3.59. The fraction of sp³-hybridized carbons (Fsp3) is 0.765. The standard InChI is InChI=1S/C17H26N2/c1-15(2,18)17-9-12-6-13(10-17)8-16(7-12,11-17)14-4-3-5-19-14/h3-5,12-13,19H,6-11,18H2,1-2H3. The molecule has 2 nitrogen and oxygen atoms in total. The molecule has 2 atom stereocenters. The lowest BCUT2D eigenvalue weighted by Crippen LogP contribution is -2.63. The number of nitrogens with two attached hydrogens (primary N) is 1. The molecule has 104 valence electrons. The Bertz CT molecular complexity index is 466. The van der Waals surface area contributed by atoms with E-state index in [1.165, 1.54) is 44.2 Å². The van der Waals surface area contributed by atoms with E-state index in [0.717, 1.165) is 11.8 Å². The van der Waals surface area contributed by atoms with Gasteiger partial charge in [0.25, 0.3) is 0 Å². The molecule has 0 aliphatic heterocycles. The molecule has 0 amide bonds. The van der Waals surface area contributed by atoms with Gasteiger partial charge in [0.1, 0.15) is 0 Å². The maximum atomic E-state index is 6.64. The lowest BCUT2D eigenvalue weighted by Gasteiger charge is -2.65. The van der Waals surface area contributed by atoms with E-state index in [0.29, 0.717) is 10.8 Å². The average Bonchev–Trinajstić information content (AvgIpc) is 2.79. The molecule has 4 aliphatic rings. The van der Waals surface area contributed by atoms with E-state index in [4.69, 9.17) is 5.73 Å². The molecule has 0 spiro atoms. The van der Waals surface area contributed by atoms with Crippen LogP contribution in [0, 0.1) is 17.3 Å². The summed E-state index contributed by atoms with van der Waals surface area (Å²) in [5, 5.41) is 0. The molecule has 3 N–H and O–H groups in total. The third-order valence-corrected chi connectivity index (χ3v) is 6.60. The molecule has 2 heteroatoms. The number of H-pyrrole nitrogens is 1. The summed E-state index contributed by atoms with van der Waals surface area (Å²) in [6.07, 6.45) is 10.4. The van der Waals surface area contributed by atoms with Crippen molar-refractivity contribution in [3.05, 3.63) is 24.0 Å². The zero-order valence-corrected chi connectivity index (χ0v) is 12.2. The molecule has 19 heavy (non-hydrogen) atoms. The largest absolute Gasteiger partial charge is 0.365 e. The van der Waals surface area contributed by atoms with E-state index in [9.17, 15) is 0 Å². The summed E-state index contributed by atoms with van der Waals surface area (Å²) >= 11 is 0. The van der Waals surface area contributed by atoms with Gasteiger partial charge in [-0.15, -0.1) is 0 Å². The molecule has 4 aliphatic carbocycles. The van der Waals surface area contributed by atoms with Crippen molar-refractivity contribution in [2.75, 3.05) is 0 Å². The van der Waals surface area contributed by atoms with Crippen molar-refractivity contribution in [2.45, 2.75) is 63.3 Å². The first-order chi connectivity index (χ1) is 8.93. The molecular weight excluding hydrogens is 232 g/mol. The van der Waals surface area contributed by atoms with E-state index >= 15 is 0 Å². The molecule has 0 saturated heterocycles. The Labute approximate surface area is 116 Å². The lowest BCUT2D eigenvalue weighted by atomic mass is 9.40. The van der Waals surface area contributed by atoms with Crippen LogP contribution in [-0.2, 0) is 5.41 Å². The van der Waals surface area contributed by atoms with Crippen molar-refractivity contribution in [3.8, 4) is 0 Å². The molecule has 2 unspecified atom stereocenters. The monoisotopic (exact) mass is 258 g/mol. The Morgan fingerprint density at radius 2 is 1.89 bits per heavy atom. The van der Waals surface area contributed by atoms with Gasteiger partial charge in [0.05, 0.1) is 0 Å². The maximum Gasteiger partial charge on any atom is 0.0210 e. The molecule has 4 saturated carbocycles. The first-order valence-electron chi connectivity index (χ1n) is 7.85. The van der Waals surface area contributed by atoms with E-state index < -0.39 is 0 Å². The Balaban J connectivity index is 1.80. The van der Waals surface area contributed by atoms with Crippen LogP contribution in [0.1, 0.15) is 58.1 Å². The van der Waals surface area contributed by atoms with Crippen LogP contribution in [0.3, 0.4) is 0 Å². The highest BCUT2D eigenvalue weighted by Gasteiger charge is 2.61. The fourth-order valence-electron chi connectivity index (χ4n) is 5.99. The Kier molecular flexibility index (Phi) is 2.19. The molecule has 0 radical (unpaired) electrons. The number of aromatic amines is 1. The summed E-state index contributed by atoms with van der Waals surface area (Å²) in [5.74, 6) is 1.82. The number of rotatable bonds is 2. The Morgan fingerprint density at radius 1 is 1.21 bits per heavy atom. The molecule has 1 aromatic rings. The van der Waals surface area contributed by atoms with Crippen molar-refractivity contribution in [1.82, 2.24) is 4.98 Å². The summed E-state index contributed by atoms with van der Waals surface area (Å²) < 4.78 is 0.